The highest BCUT2D eigenvalue weighted by Gasteiger charge is 2.23. The number of rotatable bonds is 8. The molecule has 2 amide bonds. The molecule has 0 aliphatic rings. The first-order valence-corrected chi connectivity index (χ1v) is 9.16. The third-order valence-corrected chi connectivity index (χ3v) is 4.07. The molecule has 3 N–H and O–H groups in total. The standard InChI is InChI=1S/C20H29N3O3/c1-13(2)9-10-21-19(24)18(23-20(25)26-14(3)4)11-15-12-22-17-8-6-5-7-16(15)17/h5-8,12-14,18,22H,9-11H2,1-4H3,(H,21,24)(H,23,25)/t18-/m0/s1. The maximum absolute atomic E-state index is 12.6. The Hall–Kier alpha value is -2.50. The molecule has 0 unspecified atom stereocenters. The quantitative estimate of drug-likeness (QED) is 0.676. The van der Waals surface area contributed by atoms with Gasteiger partial charge in [0.2, 0.25) is 5.91 Å². The molecule has 1 aromatic carbocycles. The van der Waals surface area contributed by atoms with Crippen LogP contribution in [0.4, 0.5) is 4.79 Å². The minimum absolute atomic E-state index is 0.198. The molecule has 1 aromatic heterocycles. The Morgan fingerprint density at radius 1 is 1.15 bits per heavy atom. The summed E-state index contributed by atoms with van der Waals surface area (Å²) in [6.07, 6.45) is 2.35. The lowest BCUT2D eigenvalue weighted by Crippen LogP contribution is -2.48. The Morgan fingerprint density at radius 3 is 2.58 bits per heavy atom. The van der Waals surface area contributed by atoms with Crippen LogP contribution in [-0.4, -0.2) is 35.7 Å². The molecule has 0 saturated carbocycles. The van der Waals surface area contributed by atoms with Crippen molar-refractivity contribution in [3.05, 3.63) is 36.0 Å². The van der Waals surface area contributed by atoms with Crippen LogP contribution in [0.15, 0.2) is 30.5 Å². The van der Waals surface area contributed by atoms with Crippen molar-refractivity contribution in [2.24, 2.45) is 5.92 Å². The first-order valence-electron chi connectivity index (χ1n) is 9.16. The maximum Gasteiger partial charge on any atom is 0.408 e. The number of nitrogens with one attached hydrogen (secondary N) is 3. The van der Waals surface area contributed by atoms with E-state index in [0.717, 1.165) is 22.9 Å². The third-order valence-electron chi connectivity index (χ3n) is 4.07. The molecule has 142 valence electrons. The highest BCUT2D eigenvalue weighted by molar-refractivity contribution is 5.88. The Balaban J connectivity index is 2.11. The smallest absolute Gasteiger partial charge is 0.408 e. The van der Waals surface area contributed by atoms with E-state index in [1.54, 1.807) is 13.8 Å². The first kappa shape index (κ1) is 19.8. The van der Waals surface area contributed by atoms with Gasteiger partial charge < -0.3 is 20.4 Å². The highest BCUT2D eigenvalue weighted by Crippen LogP contribution is 2.19. The van der Waals surface area contributed by atoms with E-state index in [2.05, 4.69) is 29.5 Å². The van der Waals surface area contributed by atoms with Crippen molar-refractivity contribution in [3.63, 3.8) is 0 Å². The monoisotopic (exact) mass is 359 g/mol. The number of H-pyrrole nitrogens is 1. The van der Waals surface area contributed by atoms with Gasteiger partial charge in [-0.2, -0.15) is 0 Å². The topological polar surface area (TPSA) is 83.2 Å². The molecule has 0 spiro atoms. The molecule has 6 heteroatoms. The lowest BCUT2D eigenvalue weighted by molar-refractivity contribution is -0.123. The summed E-state index contributed by atoms with van der Waals surface area (Å²) < 4.78 is 5.14. The molecule has 0 saturated heterocycles. The zero-order valence-electron chi connectivity index (χ0n) is 16.0. The largest absolute Gasteiger partial charge is 0.447 e. The van der Waals surface area contributed by atoms with E-state index in [1.807, 2.05) is 30.5 Å². The van der Waals surface area contributed by atoms with Crippen LogP contribution in [-0.2, 0) is 16.0 Å². The van der Waals surface area contributed by atoms with Gasteiger partial charge in [0.05, 0.1) is 6.10 Å². The second-order valence-corrected chi connectivity index (χ2v) is 7.19. The summed E-state index contributed by atoms with van der Waals surface area (Å²) in [5.74, 6) is 0.304. The minimum Gasteiger partial charge on any atom is -0.447 e. The van der Waals surface area contributed by atoms with Crippen molar-refractivity contribution in [3.8, 4) is 0 Å². The average molecular weight is 359 g/mol. The molecule has 0 aliphatic carbocycles. The predicted octanol–water partition coefficient (Wildman–Crippen LogP) is 3.38. The summed E-state index contributed by atoms with van der Waals surface area (Å²) in [4.78, 5) is 27.8. The molecular formula is C20H29N3O3. The van der Waals surface area contributed by atoms with Crippen LogP contribution >= 0.6 is 0 Å². The number of carbonyl (C=O) groups is 2. The normalized spacial score (nSPS) is 12.4. The van der Waals surface area contributed by atoms with E-state index in [4.69, 9.17) is 4.74 Å². The van der Waals surface area contributed by atoms with Gasteiger partial charge in [-0.25, -0.2) is 4.79 Å². The van der Waals surface area contributed by atoms with Gasteiger partial charge in [0, 0.05) is 30.1 Å². The van der Waals surface area contributed by atoms with Gasteiger partial charge in [-0.1, -0.05) is 32.0 Å². The van der Waals surface area contributed by atoms with E-state index < -0.39 is 12.1 Å². The summed E-state index contributed by atoms with van der Waals surface area (Å²) in [6, 6.07) is 7.21. The van der Waals surface area contributed by atoms with Gasteiger partial charge in [-0.05, 0) is 37.8 Å². The van der Waals surface area contributed by atoms with Crippen LogP contribution in [0.2, 0.25) is 0 Å². The second kappa shape index (κ2) is 9.27. The van der Waals surface area contributed by atoms with Crippen molar-refractivity contribution in [1.29, 1.82) is 0 Å². The zero-order chi connectivity index (χ0) is 19.1. The van der Waals surface area contributed by atoms with Gasteiger partial charge in [-0.15, -0.1) is 0 Å². The van der Waals surface area contributed by atoms with E-state index in [9.17, 15) is 9.59 Å². The van der Waals surface area contributed by atoms with Crippen molar-refractivity contribution < 1.29 is 14.3 Å². The van der Waals surface area contributed by atoms with Gasteiger partial charge in [-0.3, -0.25) is 4.79 Å². The van der Waals surface area contributed by atoms with Gasteiger partial charge in [0.25, 0.3) is 0 Å². The SMILES string of the molecule is CC(C)CCNC(=O)[C@H](Cc1c[nH]c2ccccc12)NC(=O)OC(C)C. The fraction of sp³-hybridized carbons (Fsp3) is 0.500. The van der Waals surface area contributed by atoms with Crippen molar-refractivity contribution in [1.82, 2.24) is 15.6 Å². The van der Waals surface area contributed by atoms with Crippen LogP contribution in [0.1, 0.15) is 39.7 Å². The number of ether oxygens (including phenoxy) is 1. The average Bonchev–Trinajstić information content (AvgIpc) is 2.96. The van der Waals surface area contributed by atoms with E-state index in [-0.39, 0.29) is 12.0 Å². The number of para-hydroxylation sites is 1. The molecule has 26 heavy (non-hydrogen) atoms. The zero-order valence-corrected chi connectivity index (χ0v) is 16.0. The third kappa shape index (κ3) is 5.79. The van der Waals surface area contributed by atoms with Crippen LogP contribution in [0.5, 0.6) is 0 Å². The molecule has 0 radical (unpaired) electrons. The highest BCUT2D eigenvalue weighted by atomic mass is 16.6. The van der Waals surface area contributed by atoms with E-state index in [1.165, 1.54) is 0 Å². The molecule has 0 aliphatic heterocycles. The summed E-state index contributed by atoms with van der Waals surface area (Å²) in [5.41, 5.74) is 1.99. The Morgan fingerprint density at radius 2 is 1.88 bits per heavy atom. The number of aromatic nitrogens is 1. The number of hydrogen-bond acceptors (Lipinski definition) is 3. The van der Waals surface area contributed by atoms with Crippen LogP contribution in [0.3, 0.4) is 0 Å². The van der Waals surface area contributed by atoms with Gasteiger partial charge in [0.1, 0.15) is 6.04 Å². The number of aromatic amines is 1. The summed E-state index contributed by atoms with van der Waals surface area (Å²) in [6.45, 7) is 8.34. The van der Waals surface area contributed by atoms with Crippen LogP contribution < -0.4 is 10.6 Å². The van der Waals surface area contributed by atoms with Gasteiger partial charge in [0.15, 0.2) is 0 Å². The second-order valence-electron chi connectivity index (χ2n) is 7.19. The Labute approximate surface area is 154 Å². The van der Waals surface area contributed by atoms with Crippen molar-refractivity contribution >= 4 is 22.9 Å². The summed E-state index contributed by atoms with van der Waals surface area (Å²) >= 11 is 0. The van der Waals surface area contributed by atoms with Crippen molar-refractivity contribution in [2.45, 2.75) is 52.7 Å². The molecule has 2 rings (SSSR count). The fourth-order valence-corrected chi connectivity index (χ4v) is 2.73. The summed E-state index contributed by atoms with van der Waals surface area (Å²) in [7, 11) is 0. The lowest BCUT2D eigenvalue weighted by Gasteiger charge is -2.19. The first-order chi connectivity index (χ1) is 12.4. The Bertz CT molecular complexity index is 737. The number of carbonyl (C=O) groups excluding carboxylic acids is 2. The lowest BCUT2D eigenvalue weighted by atomic mass is 10.0. The van der Waals surface area contributed by atoms with E-state index in [0.29, 0.717) is 18.9 Å². The van der Waals surface area contributed by atoms with E-state index >= 15 is 0 Å². The summed E-state index contributed by atoms with van der Waals surface area (Å²) in [5, 5.41) is 6.66. The molecule has 1 atom stereocenters. The van der Waals surface area contributed by atoms with Gasteiger partial charge >= 0.3 is 6.09 Å². The number of fused-ring (bicyclic) bond motifs is 1. The predicted molar refractivity (Wildman–Crippen MR) is 103 cm³/mol. The van der Waals surface area contributed by atoms with Crippen LogP contribution in [0.25, 0.3) is 10.9 Å². The molecule has 6 nitrogen and oxygen atoms in total. The number of alkyl carbamates (subject to hydrolysis) is 1. The molecule has 0 bridgehead atoms. The molecule has 1 heterocycles. The minimum atomic E-state index is -0.687. The van der Waals surface area contributed by atoms with Crippen LogP contribution in [0, 0.1) is 5.92 Å². The maximum atomic E-state index is 12.6. The number of amides is 2. The molecule has 0 fully saturated rings. The number of hydrogen-bond donors (Lipinski definition) is 3. The Kier molecular flexibility index (Phi) is 7.06. The van der Waals surface area contributed by atoms with Crippen molar-refractivity contribution in [2.75, 3.05) is 6.54 Å². The molecular weight excluding hydrogens is 330 g/mol. The molecule has 2 aromatic rings. The number of benzene rings is 1. The fourth-order valence-electron chi connectivity index (χ4n) is 2.73.